The van der Waals surface area contributed by atoms with Crippen LogP contribution in [0.25, 0.3) is 0 Å². The molecule has 1 saturated heterocycles. The second kappa shape index (κ2) is 7.72. The number of carboxylic acid groups (broad SMARTS) is 1. The molecule has 28 heavy (non-hydrogen) atoms. The zero-order valence-corrected chi connectivity index (χ0v) is 16.0. The summed E-state index contributed by atoms with van der Waals surface area (Å²) in [6.07, 6.45) is 0.0528. The molecular weight excluding hydrogens is 360 g/mol. The number of aromatic carboxylic acids is 1. The molecule has 1 unspecified atom stereocenters. The Morgan fingerprint density at radius 2 is 1.82 bits per heavy atom. The number of carboxylic acids is 1. The molecule has 1 aliphatic rings. The summed E-state index contributed by atoms with van der Waals surface area (Å²) in [5.74, 6) is -1.69. The van der Waals surface area contributed by atoms with Crippen LogP contribution in [0.4, 0.5) is 11.4 Å². The van der Waals surface area contributed by atoms with E-state index in [4.69, 9.17) is 4.74 Å². The van der Waals surface area contributed by atoms with E-state index >= 15 is 0 Å². The van der Waals surface area contributed by atoms with Crippen molar-refractivity contribution in [3.63, 3.8) is 0 Å². The SMILES string of the molecule is COc1ccc(C)cc1N1CC(C(=O)Nc2ccc(C)cc2C(=O)O)CC1=O. The molecule has 2 amide bonds. The van der Waals surface area contributed by atoms with Gasteiger partial charge in [-0.2, -0.15) is 0 Å². The molecule has 2 aromatic rings. The first-order chi connectivity index (χ1) is 13.3. The fourth-order valence-electron chi connectivity index (χ4n) is 3.31. The Labute approximate surface area is 162 Å². The van der Waals surface area contributed by atoms with Crippen LogP contribution in [0.3, 0.4) is 0 Å². The van der Waals surface area contributed by atoms with Gasteiger partial charge in [-0.05, 0) is 43.7 Å². The summed E-state index contributed by atoms with van der Waals surface area (Å²) in [5, 5.41) is 12.0. The maximum absolute atomic E-state index is 12.7. The highest BCUT2D eigenvalue weighted by Crippen LogP contribution is 2.34. The number of ether oxygens (including phenoxy) is 1. The average molecular weight is 382 g/mol. The summed E-state index contributed by atoms with van der Waals surface area (Å²) < 4.78 is 5.35. The van der Waals surface area contributed by atoms with Crippen LogP contribution in [-0.4, -0.2) is 36.5 Å². The highest BCUT2D eigenvalue weighted by Gasteiger charge is 2.36. The van der Waals surface area contributed by atoms with Crippen LogP contribution in [0, 0.1) is 19.8 Å². The van der Waals surface area contributed by atoms with Gasteiger partial charge < -0.3 is 20.1 Å². The molecule has 2 N–H and O–H groups in total. The molecule has 1 heterocycles. The summed E-state index contributed by atoms with van der Waals surface area (Å²) in [5.41, 5.74) is 2.63. The Kier molecular flexibility index (Phi) is 5.35. The molecular formula is C21H22N2O5. The first-order valence-corrected chi connectivity index (χ1v) is 8.90. The van der Waals surface area contributed by atoms with Crippen molar-refractivity contribution in [3.05, 3.63) is 53.1 Å². The highest BCUT2D eigenvalue weighted by atomic mass is 16.5. The molecule has 0 radical (unpaired) electrons. The lowest BCUT2D eigenvalue weighted by Gasteiger charge is -2.20. The minimum atomic E-state index is -1.12. The van der Waals surface area contributed by atoms with Gasteiger partial charge in [0, 0.05) is 13.0 Å². The third-order valence-corrected chi connectivity index (χ3v) is 4.78. The summed E-state index contributed by atoms with van der Waals surface area (Å²) in [6, 6.07) is 10.3. The second-order valence-corrected chi connectivity index (χ2v) is 6.92. The Balaban J connectivity index is 1.80. The van der Waals surface area contributed by atoms with E-state index in [9.17, 15) is 19.5 Å². The van der Waals surface area contributed by atoms with E-state index in [1.54, 1.807) is 30.0 Å². The van der Waals surface area contributed by atoms with Crippen molar-refractivity contribution in [1.82, 2.24) is 0 Å². The smallest absolute Gasteiger partial charge is 0.337 e. The van der Waals surface area contributed by atoms with E-state index < -0.39 is 11.9 Å². The molecule has 0 bridgehead atoms. The van der Waals surface area contributed by atoms with Crippen LogP contribution in [0.2, 0.25) is 0 Å². The Bertz CT molecular complexity index is 954. The molecule has 1 fully saturated rings. The van der Waals surface area contributed by atoms with Gasteiger partial charge in [0.1, 0.15) is 5.75 Å². The number of hydrogen-bond acceptors (Lipinski definition) is 4. The molecule has 1 aliphatic heterocycles. The zero-order chi connectivity index (χ0) is 20.4. The minimum absolute atomic E-state index is 0.0230. The third-order valence-electron chi connectivity index (χ3n) is 4.78. The summed E-state index contributed by atoms with van der Waals surface area (Å²) in [4.78, 5) is 38.2. The van der Waals surface area contributed by atoms with E-state index in [-0.39, 0.29) is 36.0 Å². The van der Waals surface area contributed by atoms with Crippen LogP contribution in [0.15, 0.2) is 36.4 Å². The molecule has 146 valence electrons. The van der Waals surface area contributed by atoms with Crippen molar-refractivity contribution in [2.45, 2.75) is 20.3 Å². The van der Waals surface area contributed by atoms with Gasteiger partial charge in [0.05, 0.1) is 30.0 Å². The Morgan fingerprint density at radius 3 is 2.50 bits per heavy atom. The predicted molar refractivity (Wildman–Crippen MR) is 105 cm³/mol. The largest absolute Gasteiger partial charge is 0.495 e. The van der Waals surface area contributed by atoms with E-state index in [1.165, 1.54) is 13.2 Å². The van der Waals surface area contributed by atoms with Gasteiger partial charge in [-0.25, -0.2) is 4.79 Å². The fraction of sp³-hybridized carbons (Fsp3) is 0.286. The lowest BCUT2D eigenvalue weighted by Crippen LogP contribution is -2.28. The van der Waals surface area contributed by atoms with Crippen LogP contribution < -0.4 is 15.0 Å². The second-order valence-electron chi connectivity index (χ2n) is 6.92. The van der Waals surface area contributed by atoms with E-state index in [1.807, 2.05) is 19.1 Å². The third kappa shape index (κ3) is 3.83. The molecule has 0 aromatic heterocycles. The number of benzene rings is 2. The van der Waals surface area contributed by atoms with Crippen molar-refractivity contribution in [3.8, 4) is 5.75 Å². The number of amides is 2. The van der Waals surface area contributed by atoms with Gasteiger partial charge >= 0.3 is 5.97 Å². The van der Waals surface area contributed by atoms with E-state index in [2.05, 4.69) is 5.32 Å². The number of hydrogen-bond donors (Lipinski definition) is 2. The van der Waals surface area contributed by atoms with Gasteiger partial charge in [0.25, 0.3) is 0 Å². The molecule has 7 heteroatoms. The van der Waals surface area contributed by atoms with Gasteiger partial charge in [-0.15, -0.1) is 0 Å². The van der Waals surface area contributed by atoms with Gasteiger partial charge in [0.2, 0.25) is 11.8 Å². The van der Waals surface area contributed by atoms with Crippen LogP contribution in [-0.2, 0) is 9.59 Å². The van der Waals surface area contributed by atoms with Crippen molar-refractivity contribution >= 4 is 29.2 Å². The van der Waals surface area contributed by atoms with Crippen molar-refractivity contribution in [2.75, 3.05) is 23.9 Å². The lowest BCUT2D eigenvalue weighted by molar-refractivity contribution is -0.122. The van der Waals surface area contributed by atoms with Crippen LogP contribution in [0.5, 0.6) is 5.75 Å². The maximum Gasteiger partial charge on any atom is 0.337 e. The van der Waals surface area contributed by atoms with Gasteiger partial charge in [-0.1, -0.05) is 17.7 Å². The van der Waals surface area contributed by atoms with Crippen molar-refractivity contribution < 1.29 is 24.2 Å². The van der Waals surface area contributed by atoms with Crippen LogP contribution in [0.1, 0.15) is 27.9 Å². The monoisotopic (exact) mass is 382 g/mol. The standard InChI is InChI=1S/C21H22N2O5/c1-12-4-6-16(15(8-12)21(26)27)22-20(25)14-10-19(24)23(11-14)17-9-13(2)5-7-18(17)28-3/h4-9,14H,10-11H2,1-3H3,(H,22,25)(H,26,27). The Hall–Kier alpha value is -3.35. The first kappa shape index (κ1) is 19.4. The topological polar surface area (TPSA) is 95.9 Å². The molecule has 3 rings (SSSR count). The number of carbonyl (C=O) groups excluding carboxylic acids is 2. The average Bonchev–Trinajstić information content (AvgIpc) is 3.04. The normalized spacial score (nSPS) is 16.2. The number of nitrogens with one attached hydrogen (secondary N) is 1. The maximum atomic E-state index is 12.7. The molecule has 0 saturated carbocycles. The highest BCUT2D eigenvalue weighted by molar-refractivity contribution is 6.06. The molecule has 7 nitrogen and oxygen atoms in total. The molecule has 2 aromatic carbocycles. The molecule has 0 spiro atoms. The van der Waals surface area contributed by atoms with Gasteiger partial charge in [-0.3, -0.25) is 9.59 Å². The number of carbonyl (C=O) groups is 3. The molecule has 1 atom stereocenters. The summed E-state index contributed by atoms with van der Waals surface area (Å²) >= 11 is 0. The number of anilines is 2. The number of aryl methyl sites for hydroxylation is 2. The van der Waals surface area contributed by atoms with Crippen LogP contribution >= 0.6 is 0 Å². The van der Waals surface area contributed by atoms with E-state index in [0.29, 0.717) is 11.4 Å². The quantitative estimate of drug-likeness (QED) is 0.829. The van der Waals surface area contributed by atoms with Crippen molar-refractivity contribution in [2.24, 2.45) is 5.92 Å². The lowest BCUT2D eigenvalue weighted by atomic mass is 10.1. The first-order valence-electron chi connectivity index (χ1n) is 8.90. The fourth-order valence-corrected chi connectivity index (χ4v) is 3.31. The van der Waals surface area contributed by atoms with E-state index in [0.717, 1.165) is 11.1 Å². The van der Waals surface area contributed by atoms with Crippen molar-refractivity contribution in [1.29, 1.82) is 0 Å². The minimum Gasteiger partial charge on any atom is -0.495 e. The number of methoxy groups -OCH3 is 1. The Morgan fingerprint density at radius 1 is 1.14 bits per heavy atom. The number of nitrogens with zero attached hydrogens (tertiary/aromatic N) is 1. The summed E-state index contributed by atoms with van der Waals surface area (Å²) in [6.45, 7) is 3.90. The molecule has 0 aliphatic carbocycles. The summed E-state index contributed by atoms with van der Waals surface area (Å²) in [7, 11) is 1.53. The zero-order valence-electron chi connectivity index (χ0n) is 16.0. The predicted octanol–water partition coefficient (Wildman–Crippen LogP) is 3.00. The number of rotatable bonds is 5. The van der Waals surface area contributed by atoms with Gasteiger partial charge in [0.15, 0.2) is 0 Å².